The Morgan fingerprint density at radius 1 is 1.40 bits per heavy atom. The van der Waals surface area contributed by atoms with Gasteiger partial charge in [0.2, 0.25) is 5.78 Å². The van der Waals surface area contributed by atoms with Crippen molar-refractivity contribution in [3.63, 3.8) is 0 Å². The highest BCUT2D eigenvalue weighted by atomic mass is 32.1. The average molecular weight is 364 g/mol. The summed E-state index contributed by atoms with van der Waals surface area (Å²) in [7, 11) is 1.28. The highest BCUT2D eigenvalue weighted by molar-refractivity contribution is 7.18. The second kappa shape index (κ2) is 7.71. The fraction of sp³-hybridized carbons (Fsp3) is 0.267. The third kappa shape index (κ3) is 4.10. The number of nitro benzene ring substituents is 1. The molecular weight excluding hydrogens is 348 g/mol. The van der Waals surface area contributed by atoms with Gasteiger partial charge in [0, 0.05) is 17.7 Å². The molecule has 0 aliphatic rings. The van der Waals surface area contributed by atoms with Crippen molar-refractivity contribution in [1.82, 2.24) is 4.98 Å². The first-order valence-corrected chi connectivity index (χ1v) is 8.08. The number of carbonyl (C=O) groups is 2. The summed E-state index contributed by atoms with van der Waals surface area (Å²) in [5.74, 6) is -0.820. The number of benzene rings is 1. The molecule has 0 bridgehead atoms. The maximum atomic E-state index is 12.5. The average Bonchev–Trinajstić information content (AvgIpc) is 2.98. The number of ether oxygens (including phenoxy) is 1. The van der Waals surface area contributed by atoms with E-state index in [1.807, 2.05) is 0 Å². The van der Waals surface area contributed by atoms with Crippen molar-refractivity contribution in [2.75, 3.05) is 18.2 Å². The van der Waals surface area contributed by atoms with Crippen LogP contribution in [-0.2, 0) is 9.53 Å². The van der Waals surface area contributed by atoms with Crippen molar-refractivity contribution in [1.29, 1.82) is 0 Å². The Kier molecular flexibility index (Phi) is 5.65. The van der Waals surface area contributed by atoms with Gasteiger partial charge in [0.15, 0.2) is 5.13 Å². The molecular formula is C15H16N4O5S. The highest BCUT2D eigenvalue weighted by Crippen LogP contribution is 2.28. The minimum atomic E-state index is -0.599. The molecule has 132 valence electrons. The number of ketones is 1. The summed E-state index contributed by atoms with van der Waals surface area (Å²) >= 11 is 1.01. The van der Waals surface area contributed by atoms with Gasteiger partial charge in [-0.25, -0.2) is 9.78 Å². The van der Waals surface area contributed by atoms with Crippen LogP contribution in [0.1, 0.15) is 28.6 Å². The maximum Gasteiger partial charge on any atom is 0.328 e. The molecule has 1 atom stereocenters. The second-order valence-corrected chi connectivity index (χ2v) is 5.99. The number of nitrogens with two attached hydrogens (primary N) is 1. The monoisotopic (exact) mass is 364 g/mol. The Balaban J connectivity index is 2.22. The number of esters is 1. The molecule has 0 spiro atoms. The molecule has 2 aromatic rings. The van der Waals surface area contributed by atoms with Crippen LogP contribution in [0.4, 0.5) is 16.6 Å². The summed E-state index contributed by atoms with van der Waals surface area (Å²) in [6.45, 7) is 1.80. The molecule has 1 aromatic carbocycles. The van der Waals surface area contributed by atoms with E-state index < -0.39 is 22.7 Å². The predicted molar refractivity (Wildman–Crippen MR) is 92.8 cm³/mol. The smallest absolute Gasteiger partial charge is 0.328 e. The molecule has 0 radical (unpaired) electrons. The number of non-ortho nitro benzene ring substituents is 1. The van der Waals surface area contributed by atoms with Gasteiger partial charge in [-0.1, -0.05) is 18.3 Å². The molecule has 0 aliphatic heterocycles. The number of rotatable bonds is 7. The first-order valence-electron chi connectivity index (χ1n) is 7.27. The van der Waals surface area contributed by atoms with E-state index in [4.69, 9.17) is 5.73 Å². The number of nitrogens with zero attached hydrogens (tertiary/aromatic N) is 2. The fourth-order valence-corrected chi connectivity index (χ4v) is 2.94. The van der Waals surface area contributed by atoms with Gasteiger partial charge >= 0.3 is 5.97 Å². The first-order chi connectivity index (χ1) is 11.9. The Bertz CT molecular complexity index is 803. The van der Waals surface area contributed by atoms with Gasteiger partial charge in [-0.15, -0.1) is 0 Å². The van der Waals surface area contributed by atoms with Crippen LogP contribution in [0.25, 0.3) is 0 Å². The molecule has 3 N–H and O–H groups in total. The lowest BCUT2D eigenvalue weighted by Gasteiger charge is -2.12. The van der Waals surface area contributed by atoms with Crippen LogP contribution in [0.2, 0.25) is 0 Å². The summed E-state index contributed by atoms with van der Waals surface area (Å²) < 4.78 is 4.68. The lowest BCUT2D eigenvalue weighted by Crippen LogP contribution is -2.29. The van der Waals surface area contributed by atoms with Gasteiger partial charge in [0.05, 0.1) is 12.0 Å². The van der Waals surface area contributed by atoms with Crippen LogP contribution in [-0.4, -0.2) is 34.8 Å². The zero-order valence-corrected chi connectivity index (χ0v) is 14.3. The topological polar surface area (TPSA) is 137 Å². The van der Waals surface area contributed by atoms with Gasteiger partial charge in [-0.05, 0) is 18.6 Å². The number of nitrogens with one attached hydrogen (secondary N) is 1. The molecule has 9 nitrogen and oxygen atoms in total. The number of hydrogen-bond acceptors (Lipinski definition) is 9. The molecule has 0 amide bonds. The molecule has 0 aliphatic carbocycles. The summed E-state index contributed by atoms with van der Waals surface area (Å²) in [5.41, 5.74) is 5.94. The number of hydrogen-bond donors (Lipinski definition) is 2. The summed E-state index contributed by atoms with van der Waals surface area (Å²) in [6, 6.07) is 4.60. The largest absolute Gasteiger partial charge is 0.467 e. The third-order valence-corrected chi connectivity index (χ3v) is 4.39. The zero-order valence-electron chi connectivity index (χ0n) is 13.5. The van der Waals surface area contributed by atoms with Gasteiger partial charge in [-0.2, -0.15) is 0 Å². The van der Waals surface area contributed by atoms with Gasteiger partial charge in [0.1, 0.15) is 16.7 Å². The van der Waals surface area contributed by atoms with E-state index in [9.17, 15) is 19.7 Å². The van der Waals surface area contributed by atoms with E-state index in [1.165, 1.54) is 31.4 Å². The number of anilines is 2. The summed E-state index contributed by atoms with van der Waals surface area (Å²) in [5, 5.41) is 13.9. The lowest BCUT2D eigenvalue weighted by atomic mass is 10.1. The van der Waals surface area contributed by atoms with E-state index >= 15 is 0 Å². The molecule has 10 heteroatoms. The molecule has 25 heavy (non-hydrogen) atoms. The Morgan fingerprint density at radius 3 is 2.56 bits per heavy atom. The Morgan fingerprint density at radius 2 is 2.04 bits per heavy atom. The first kappa shape index (κ1) is 18.3. The van der Waals surface area contributed by atoms with E-state index in [0.717, 1.165) is 11.3 Å². The minimum Gasteiger partial charge on any atom is -0.467 e. The number of nitro groups is 1. The van der Waals surface area contributed by atoms with Gasteiger partial charge < -0.3 is 15.8 Å². The van der Waals surface area contributed by atoms with Crippen molar-refractivity contribution in [2.45, 2.75) is 19.4 Å². The predicted octanol–water partition coefficient (Wildman–Crippen LogP) is 2.23. The maximum absolute atomic E-state index is 12.5. The zero-order chi connectivity index (χ0) is 18.6. The van der Waals surface area contributed by atoms with Gasteiger partial charge in [0.25, 0.3) is 5.69 Å². The van der Waals surface area contributed by atoms with E-state index in [2.05, 4.69) is 15.0 Å². The third-order valence-electron chi connectivity index (χ3n) is 3.39. The van der Waals surface area contributed by atoms with Crippen LogP contribution in [0.5, 0.6) is 0 Å². The molecule has 1 aromatic heterocycles. The standard InChI is InChI=1S/C15H16N4O5S/c1-3-10(14(21)24-2)17-15-18-13(16)12(25-15)11(20)8-4-6-9(7-5-8)19(22)23/h4-7,10H,3,16H2,1-2H3,(H,17,18)/t10-/m0/s1. The number of carbonyl (C=O) groups excluding carboxylic acids is 2. The van der Waals surface area contributed by atoms with E-state index in [1.54, 1.807) is 6.92 Å². The lowest BCUT2D eigenvalue weighted by molar-refractivity contribution is -0.384. The number of methoxy groups -OCH3 is 1. The summed E-state index contributed by atoms with van der Waals surface area (Å²) in [6.07, 6.45) is 0.470. The van der Waals surface area contributed by atoms with E-state index in [-0.39, 0.29) is 21.9 Å². The van der Waals surface area contributed by atoms with Crippen molar-refractivity contribution >= 4 is 39.7 Å². The van der Waals surface area contributed by atoms with Crippen LogP contribution in [0.15, 0.2) is 24.3 Å². The number of nitrogen functional groups attached to an aromatic ring is 1. The Labute approximate surface area is 147 Å². The highest BCUT2D eigenvalue weighted by Gasteiger charge is 2.22. The quantitative estimate of drug-likeness (QED) is 0.330. The van der Waals surface area contributed by atoms with Crippen molar-refractivity contribution in [2.24, 2.45) is 0 Å². The fourth-order valence-electron chi connectivity index (χ4n) is 2.04. The van der Waals surface area contributed by atoms with Crippen molar-refractivity contribution in [3.8, 4) is 0 Å². The Hall–Kier alpha value is -3.01. The van der Waals surface area contributed by atoms with Crippen LogP contribution in [0.3, 0.4) is 0 Å². The van der Waals surface area contributed by atoms with E-state index in [0.29, 0.717) is 11.6 Å². The molecule has 0 saturated carbocycles. The van der Waals surface area contributed by atoms with Crippen molar-refractivity contribution < 1.29 is 19.2 Å². The van der Waals surface area contributed by atoms with Crippen LogP contribution in [0, 0.1) is 10.1 Å². The van der Waals surface area contributed by atoms with Crippen molar-refractivity contribution in [3.05, 3.63) is 44.8 Å². The van der Waals surface area contributed by atoms with Crippen LogP contribution >= 0.6 is 11.3 Å². The molecule has 0 unspecified atom stereocenters. The molecule has 0 fully saturated rings. The SMILES string of the molecule is CC[C@H](Nc1nc(N)c(C(=O)c2ccc([N+](=O)[O-])cc2)s1)C(=O)OC. The van der Waals surface area contributed by atoms with Crippen LogP contribution < -0.4 is 11.1 Å². The number of aromatic nitrogens is 1. The summed E-state index contributed by atoms with van der Waals surface area (Å²) in [4.78, 5) is 38.5. The molecule has 1 heterocycles. The number of thiazole rings is 1. The molecule has 0 saturated heterocycles. The minimum absolute atomic E-state index is 0.0237. The van der Waals surface area contributed by atoms with Gasteiger partial charge in [-0.3, -0.25) is 14.9 Å². The normalized spacial score (nSPS) is 11.6. The molecule has 2 rings (SSSR count). The second-order valence-electron chi connectivity index (χ2n) is 4.99.